The molecule has 3 N–H and O–H groups in total. The van der Waals surface area contributed by atoms with Crippen molar-refractivity contribution in [2.45, 2.75) is 13.5 Å². The minimum Gasteiger partial charge on any atom is -0.475 e. The lowest BCUT2D eigenvalue weighted by Gasteiger charge is -2.05. The molecule has 0 saturated carbocycles. The van der Waals surface area contributed by atoms with Gasteiger partial charge in [-0.2, -0.15) is 0 Å². The molecule has 1 amide bonds. The summed E-state index contributed by atoms with van der Waals surface area (Å²) in [6.45, 7) is 3.14. The lowest BCUT2D eigenvalue weighted by atomic mass is 10.2. The van der Waals surface area contributed by atoms with Crippen LogP contribution < -0.4 is 10.6 Å². The van der Waals surface area contributed by atoms with Gasteiger partial charge in [0.2, 0.25) is 11.7 Å². The van der Waals surface area contributed by atoms with Gasteiger partial charge >= 0.3 is 5.97 Å². The average molecular weight is 270 g/mol. The Morgan fingerprint density at radius 1 is 1.47 bits per heavy atom. The number of aryl methyl sites for hydroxylation is 1. The first-order valence-electron chi connectivity index (χ1n) is 5.83. The number of carboxylic acid groups (broad SMARTS) is 1. The number of ether oxygens (including phenoxy) is 1. The first-order valence-corrected chi connectivity index (χ1v) is 5.83. The van der Waals surface area contributed by atoms with Crippen LogP contribution in [0.1, 0.15) is 21.9 Å². The van der Waals surface area contributed by atoms with Gasteiger partial charge in [-0.3, -0.25) is 4.79 Å². The van der Waals surface area contributed by atoms with Crippen molar-refractivity contribution in [3.63, 3.8) is 0 Å². The van der Waals surface area contributed by atoms with Crippen LogP contribution in [0, 0.1) is 6.92 Å². The molecule has 0 unspecified atom stereocenters. The van der Waals surface area contributed by atoms with Gasteiger partial charge in [0.05, 0.1) is 13.2 Å². The van der Waals surface area contributed by atoms with Crippen molar-refractivity contribution in [1.82, 2.24) is 10.6 Å². The highest BCUT2D eigenvalue weighted by Gasteiger charge is 2.12. The Balaban J connectivity index is 2.33. The van der Waals surface area contributed by atoms with Crippen LogP contribution in [0.15, 0.2) is 10.5 Å². The number of hydrogen-bond donors (Lipinski definition) is 3. The predicted octanol–water partition coefficient (Wildman–Crippen LogP) is 0.138. The van der Waals surface area contributed by atoms with E-state index in [1.165, 1.54) is 6.07 Å². The largest absolute Gasteiger partial charge is 0.475 e. The summed E-state index contributed by atoms with van der Waals surface area (Å²) in [4.78, 5) is 22.1. The molecule has 0 aliphatic rings. The molecule has 0 saturated heterocycles. The van der Waals surface area contributed by atoms with Crippen molar-refractivity contribution in [1.29, 1.82) is 0 Å². The minimum atomic E-state index is -1.10. The van der Waals surface area contributed by atoms with Crippen molar-refractivity contribution in [2.75, 3.05) is 26.8 Å². The number of carbonyl (C=O) groups excluding carboxylic acids is 1. The number of aromatic carboxylic acids is 1. The number of methoxy groups -OCH3 is 1. The third-order valence-corrected chi connectivity index (χ3v) is 2.46. The third-order valence-electron chi connectivity index (χ3n) is 2.46. The summed E-state index contributed by atoms with van der Waals surface area (Å²) in [5.74, 6) is -0.813. The summed E-state index contributed by atoms with van der Waals surface area (Å²) >= 11 is 0. The number of furan rings is 1. The monoisotopic (exact) mass is 270 g/mol. The van der Waals surface area contributed by atoms with Crippen molar-refractivity contribution in [2.24, 2.45) is 0 Å². The summed E-state index contributed by atoms with van der Waals surface area (Å²) < 4.78 is 9.86. The third kappa shape index (κ3) is 5.11. The lowest BCUT2D eigenvalue weighted by Crippen LogP contribution is -2.35. The number of nitrogens with one attached hydrogen (secondary N) is 2. The average Bonchev–Trinajstić information content (AvgIpc) is 2.72. The molecule has 7 heteroatoms. The second kappa shape index (κ2) is 7.55. The molecule has 1 aromatic rings. The zero-order chi connectivity index (χ0) is 14.3. The van der Waals surface area contributed by atoms with Gasteiger partial charge in [0.25, 0.3) is 0 Å². The quantitative estimate of drug-likeness (QED) is 0.581. The van der Waals surface area contributed by atoms with E-state index in [-0.39, 0.29) is 18.2 Å². The van der Waals surface area contributed by atoms with E-state index in [9.17, 15) is 9.59 Å². The molecule has 1 heterocycles. The van der Waals surface area contributed by atoms with Gasteiger partial charge in [-0.15, -0.1) is 0 Å². The smallest absolute Gasteiger partial charge is 0.371 e. The summed E-state index contributed by atoms with van der Waals surface area (Å²) in [6, 6.07) is 1.45. The molecular weight excluding hydrogens is 252 g/mol. The molecule has 0 aromatic carbocycles. The van der Waals surface area contributed by atoms with Crippen LogP contribution in [0.5, 0.6) is 0 Å². The molecule has 19 heavy (non-hydrogen) atoms. The molecule has 106 valence electrons. The van der Waals surface area contributed by atoms with E-state index in [2.05, 4.69) is 10.6 Å². The molecule has 0 bridgehead atoms. The second-order valence-electron chi connectivity index (χ2n) is 3.94. The highest BCUT2D eigenvalue weighted by Crippen LogP contribution is 2.14. The van der Waals surface area contributed by atoms with Gasteiger partial charge < -0.3 is 24.9 Å². The zero-order valence-electron chi connectivity index (χ0n) is 11.0. The molecule has 0 atom stereocenters. The topological polar surface area (TPSA) is 101 Å². The maximum atomic E-state index is 11.4. The van der Waals surface area contributed by atoms with Gasteiger partial charge in [-0.25, -0.2) is 4.79 Å². The van der Waals surface area contributed by atoms with E-state index in [1.54, 1.807) is 14.0 Å². The van der Waals surface area contributed by atoms with Crippen LogP contribution in [-0.2, 0) is 16.1 Å². The van der Waals surface area contributed by atoms with Gasteiger partial charge in [0, 0.05) is 25.8 Å². The summed E-state index contributed by atoms with van der Waals surface area (Å²) in [5.41, 5.74) is 0.724. The van der Waals surface area contributed by atoms with E-state index in [0.717, 1.165) is 5.56 Å². The van der Waals surface area contributed by atoms with E-state index in [1.807, 2.05) is 0 Å². The Labute approximate surface area is 110 Å². The zero-order valence-corrected chi connectivity index (χ0v) is 11.0. The van der Waals surface area contributed by atoms with E-state index in [4.69, 9.17) is 14.3 Å². The molecule has 1 rings (SSSR count). The number of hydrogen-bond acceptors (Lipinski definition) is 5. The Morgan fingerprint density at radius 3 is 2.79 bits per heavy atom. The first-order chi connectivity index (χ1) is 9.04. The van der Waals surface area contributed by atoms with Crippen LogP contribution in [0.2, 0.25) is 0 Å². The maximum Gasteiger partial charge on any atom is 0.371 e. The van der Waals surface area contributed by atoms with Crippen molar-refractivity contribution < 1.29 is 23.8 Å². The highest BCUT2D eigenvalue weighted by molar-refractivity contribution is 5.84. The second-order valence-corrected chi connectivity index (χ2v) is 3.94. The Kier molecular flexibility index (Phi) is 6.04. The minimum absolute atomic E-state index is 0.0983. The van der Waals surface area contributed by atoms with Gasteiger partial charge in [0.1, 0.15) is 5.76 Å². The molecule has 0 radical (unpaired) electrons. The van der Waals surface area contributed by atoms with Crippen molar-refractivity contribution in [3.8, 4) is 0 Å². The van der Waals surface area contributed by atoms with Crippen LogP contribution in [0.25, 0.3) is 0 Å². The Morgan fingerprint density at radius 2 is 2.21 bits per heavy atom. The standard InChI is InChI=1S/C12H18N2O5/c1-8-9(5-10(19-8)12(16)17)6-13-7-11(15)14-3-4-18-2/h5,13H,3-4,6-7H2,1-2H3,(H,14,15)(H,16,17). The number of carboxylic acids is 1. The number of amides is 1. The van der Waals surface area contributed by atoms with Gasteiger partial charge in [-0.1, -0.05) is 0 Å². The van der Waals surface area contributed by atoms with Gasteiger partial charge in [-0.05, 0) is 13.0 Å². The highest BCUT2D eigenvalue weighted by atomic mass is 16.5. The van der Waals surface area contributed by atoms with Crippen molar-refractivity contribution >= 4 is 11.9 Å². The fraction of sp³-hybridized carbons (Fsp3) is 0.500. The predicted molar refractivity (Wildman–Crippen MR) is 67.0 cm³/mol. The van der Waals surface area contributed by atoms with E-state index in [0.29, 0.717) is 25.5 Å². The lowest BCUT2D eigenvalue weighted by molar-refractivity contribution is -0.120. The number of rotatable bonds is 8. The Hall–Kier alpha value is -1.86. The summed E-state index contributed by atoms with van der Waals surface area (Å²) in [7, 11) is 1.56. The fourth-order valence-electron chi connectivity index (χ4n) is 1.47. The molecule has 1 aromatic heterocycles. The fourth-order valence-corrected chi connectivity index (χ4v) is 1.47. The SMILES string of the molecule is COCCNC(=O)CNCc1cc(C(=O)O)oc1C. The van der Waals surface area contributed by atoms with Crippen LogP contribution >= 0.6 is 0 Å². The number of carbonyl (C=O) groups is 2. The molecular formula is C12H18N2O5. The maximum absolute atomic E-state index is 11.4. The van der Waals surface area contributed by atoms with Gasteiger partial charge in [0.15, 0.2) is 0 Å². The summed E-state index contributed by atoms with van der Waals surface area (Å²) in [5, 5.41) is 14.3. The summed E-state index contributed by atoms with van der Waals surface area (Å²) in [6.07, 6.45) is 0. The molecule has 0 spiro atoms. The molecule has 7 nitrogen and oxygen atoms in total. The first kappa shape index (κ1) is 15.2. The van der Waals surface area contributed by atoms with Crippen LogP contribution in [0.3, 0.4) is 0 Å². The van der Waals surface area contributed by atoms with Crippen molar-refractivity contribution in [3.05, 3.63) is 23.2 Å². The molecule has 0 aliphatic heterocycles. The van der Waals surface area contributed by atoms with Crippen LogP contribution in [-0.4, -0.2) is 43.8 Å². The van der Waals surface area contributed by atoms with E-state index < -0.39 is 5.97 Å². The normalized spacial score (nSPS) is 10.4. The molecule has 0 aliphatic carbocycles. The Bertz CT molecular complexity index is 441. The van der Waals surface area contributed by atoms with E-state index >= 15 is 0 Å². The van der Waals surface area contributed by atoms with Crippen LogP contribution in [0.4, 0.5) is 0 Å². The molecule has 0 fully saturated rings.